The molecule has 8 nitrogen and oxygen atoms in total. The second kappa shape index (κ2) is 10.2. The molecule has 0 amide bonds. The first-order valence-corrected chi connectivity index (χ1v) is 12.4. The Morgan fingerprint density at radius 2 is 1.62 bits per heavy atom. The van der Waals surface area contributed by atoms with Crippen molar-refractivity contribution >= 4 is 40.8 Å². The lowest BCUT2D eigenvalue weighted by Gasteiger charge is -2.16. The fourth-order valence-electron chi connectivity index (χ4n) is 4.46. The van der Waals surface area contributed by atoms with Crippen LogP contribution >= 0.6 is 23.2 Å². The molecule has 188 valence electrons. The minimum absolute atomic E-state index is 0.130. The molecule has 1 N–H and O–H groups in total. The van der Waals surface area contributed by atoms with Crippen molar-refractivity contribution in [1.82, 2.24) is 14.3 Å². The highest BCUT2D eigenvalue weighted by Gasteiger charge is 2.34. The van der Waals surface area contributed by atoms with Gasteiger partial charge in [-0.2, -0.15) is 5.10 Å². The molecule has 0 spiro atoms. The number of anilines is 1. The zero-order valence-electron chi connectivity index (χ0n) is 19.8. The van der Waals surface area contributed by atoms with Crippen LogP contribution in [0, 0.1) is 0 Å². The molecule has 0 unspecified atom stereocenters. The number of aromatic nitrogens is 3. The van der Waals surface area contributed by atoms with Crippen molar-refractivity contribution in [2.75, 3.05) is 11.6 Å². The van der Waals surface area contributed by atoms with Gasteiger partial charge in [0.15, 0.2) is 0 Å². The third-order valence-electron chi connectivity index (χ3n) is 6.36. The predicted octanol–water partition coefficient (Wildman–Crippen LogP) is 5.05. The second-order valence-electron chi connectivity index (χ2n) is 8.77. The SMILES string of the molecule is C[C@@H](c1ccc(Cl)cc1)n1nc(N2C[C@H](c3ccccc3)C(c3ccc(Cl)cc3)=N2)n(CC(=O)O)c1=O. The first-order valence-electron chi connectivity index (χ1n) is 11.7. The summed E-state index contributed by atoms with van der Waals surface area (Å²) in [4.78, 5) is 25.1. The Morgan fingerprint density at radius 3 is 2.24 bits per heavy atom. The number of hydrogen-bond acceptors (Lipinski definition) is 5. The van der Waals surface area contributed by atoms with Crippen molar-refractivity contribution in [2.45, 2.75) is 25.4 Å². The van der Waals surface area contributed by atoms with Crippen molar-refractivity contribution in [1.29, 1.82) is 0 Å². The van der Waals surface area contributed by atoms with Gasteiger partial charge < -0.3 is 5.11 Å². The fraction of sp³-hybridized carbons (Fsp3) is 0.185. The maximum absolute atomic E-state index is 13.4. The fourth-order valence-corrected chi connectivity index (χ4v) is 4.71. The Balaban J connectivity index is 1.60. The van der Waals surface area contributed by atoms with Gasteiger partial charge in [-0.3, -0.25) is 4.79 Å². The molecule has 4 aromatic rings. The highest BCUT2D eigenvalue weighted by molar-refractivity contribution is 6.31. The third-order valence-corrected chi connectivity index (χ3v) is 6.87. The van der Waals surface area contributed by atoms with Crippen LogP contribution in [0.25, 0.3) is 0 Å². The molecular weight excluding hydrogens is 513 g/mol. The largest absolute Gasteiger partial charge is 0.480 e. The van der Waals surface area contributed by atoms with E-state index in [-0.39, 0.29) is 11.9 Å². The molecule has 0 aliphatic carbocycles. The van der Waals surface area contributed by atoms with E-state index >= 15 is 0 Å². The average Bonchev–Trinajstić information content (AvgIpc) is 3.47. The van der Waals surface area contributed by atoms with Crippen molar-refractivity contribution in [2.24, 2.45) is 5.10 Å². The standard InChI is InChI=1S/C27H23Cl2N5O3/c1-17(18-7-11-21(28)12-8-18)34-27(37)32(16-24(35)36)26(31-34)33-15-23(19-5-3-2-4-6-19)25(30-33)20-9-13-22(29)14-10-20/h2-14,17,23H,15-16H2,1H3,(H,35,36)/t17-,23+/m0/s1. The third kappa shape index (κ3) is 5.03. The van der Waals surface area contributed by atoms with Crippen LogP contribution in [0.15, 0.2) is 88.8 Å². The van der Waals surface area contributed by atoms with E-state index in [0.717, 1.165) is 27.0 Å². The molecule has 2 atom stereocenters. The van der Waals surface area contributed by atoms with Crippen LogP contribution in [-0.2, 0) is 11.3 Å². The van der Waals surface area contributed by atoms with E-state index in [1.807, 2.05) is 61.5 Å². The Labute approximate surface area is 223 Å². The molecule has 5 rings (SSSR count). The van der Waals surface area contributed by atoms with Gasteiger partial charge in [-0.1, -0.05) is 77.8 Å². The van der Waals surface area contributed by atoms with Crippen LogP contribution < -0.4 is 10.7 Å². The van der Waals surface area contributed by atoms with E-state index in [9.17, 15) is 14.7 Å². The number of halogens is 2. The maximum Gasteiger partial charge on any atom is 0.348 e. The van der Waals surface area contributed by atoms with Crippen LogP contribution in [0.4, 0.5) is 5.95 Å². The van der Waals surface area contributed by atoms with Crippen LogP contribution in [0.3, 0.4) is 0 Å². The number of carboxylic acid groups (broad SMARTS) is 1. The van der Waals surface area contributed by atoms with E-state index in [0.29, 0.717) is 16.6 Å². The molecule has 0 fully saturated rings. The van der Waals surface area contributed by atoms with Crippen molar-refractivity contribution in [3.05, 3.63) is 116 Å². The zero-order valence-corrected chi connectivity index (χ0v) is 21.3. The summed E-state index contributed by atoms with van der Waals surface area (Å²) in [7, 11) is 0. The van der Waals surface area contributed by atoms with E-state index in [1.165, 1.54) is 4.68 Å². The molecule has 1 aliphatic rings. The number of hydrogen-bond donors (Lipinski definition) is 1. The van der Waals surface area contributed by atoms with E-state index in [4.69, 9.17) is 28.3 Å². The summed E-state index contributed by atoms with van der Waals surface area (Å²) in [5.74, 6) is -1.12. The quantitative estimate of drug-likeness (QED) is 0.357. The first-order chi connectivity index (χ1) is 17.8. The summed E-state index contributed by atoms with van der Waals surface area (Å²) in [6.45, 7) is 1.67. The molecule has 0 bridgehead atoms. The maximum atomic E-state index is 13.4. The lowest BCUT2D eigenvalue weighted by atomic mass is 9.91. The molecular formula is C27H23Cl2N5O3. The van der Waals surface area contributed by atoms with E-state index in [1.54, 1.807) is 29.3 Å². The normalized spacial score (nSPS) is 16.0. The zero-order chi connectivity index (χ0) is 26.1. The number of hydrazone groups is 1. The highest BCUT2D eigenvalue weighted by atomic mass is 35.5. The van der Waals surface area contributed by atoms with Gasteiger partial charge in [0.25, 0.3) is 0 Å². The minimum atomic E-state index is -1.15. The van der Waals surface area contributed by atoms with Gasteiger partial charge in [-0.25, -0.2) is 19.1 Å². The topological polar surface area (TPSA) is 92.7 Å². The molecule has 10 heteroatoms. The van der Waals surface area contributed by atoms with Gasteiger partial charge >= 0.3 is 11.7 Å². The monoisotopic (exact) mass is 535 g/mol. The smallest absolute Gasteiger partial charge is 0.348 e. The van der Waals surface area contributed by atoms with Crippen molar-refractivity contribution < 1.29 is 9.90 Å². The molecule has 0 saturated heterocycles. The second-order valence-corrected chi connectivity index (χ2v) is 9.64. The summed E-state index contributed by atoms with van der Waals surface area (Å²) in [6, 6.07) is 23.9. The number of nitrogens with zero attached hydrogens (tertiary/aromatic N) is 5. The lowest BCUT2D eigenvalue weighted by molar-refractivity contribution is -0.137. The Hall–Kier alpha value is -3.88. The minimum Gasteiger partial charge on any atom is -0.480 e. The predicted molar refractivity (Wildman–Crippen MR) is 144 cm³/mol. The van der Waals surface area contributed by atoms with Crippen LogP contribution in [0.1, 0.15) is 35.6 Å². The summed E-state index contributed by atoms with van der Waals surface area (Å²) < 4.78 is 2.43. The molecule has 0 radical (unpaired) electrons. The molecule has 3 aromatic carbocycles. The Bertz CT molecular complexity index is 1510. The van der Waals surface area contributed by atoms with Crippen LogP contribution in [0.5, 0.6) is 0 Å². The first kappa shape index (κ1) is 24.8. The Kier molecular flexibility index (Phi) is 6.86. The van der Waals surface area contributed by atoms with Gasteiger partial charge in [0.2, 0.25) is 5.95 Å². The Morgan fingerprint density at radius 1 is 1.00 bits per heavy atom. The average molecular weight is 536 g/mol. The number of carboxylic acids is 1. The molecule has 1 aliphatic heterocycles. The number of rotatable bonds is 7. The molecule has 37 heavy (non-hydrogen) atoms. The lowest BCUT2D eigenvalue weighted by Crippen LogP contribution is -2.31. The molecule has 0 saturated carbocycles. The van der Waals surface area contributed by atoms with Gasteiger partial charge in [-0.05, 0) is 47.9 Å². The van der Waals surface area contributed by atoms with Gasteiger partial charge in [-0.15, -0.1) is 5.10 Å². The number of aliphatic carboxylic acids is 1. The van der Waals surface area contributed by atoms with Crippen LogP contribution in [-0.4, -0.2) is 37.7 Å². The van der Waals surface area contributed by atoms with Crippen LogP contribution in [0.2, 0.25) is 10.0 Å². The summed E-state index contributed by atoms with van der Waals surface area (Å²) in [5.41, 5.74) is 2.97. The molecule has 1 aromatic heterocycles. The van der Waals surface area contributed by atoms with E-state index in [2.05, 4.69) is 5.10 Å². The molecule has 2 heterocycles. The highest BCUT2D eigenvalue weighted by Crippen LogP contribution is 2.32. The number of benzene rings is 3. The summed E-state index contributed by atoms with van der Waals surface area (Å²) in [5, 5.41) is 21.8. The summed E-state index contributed by atoms with van der Waals surface area (Å²) >= 11 is 12.1. The van der Waals surface area contributed by atoms with Gasteiger partial charge in [0.1, 0.15) is 6.54 Å². The number of carbonyl (C=O) groups is 1. The van der Waals surface area contributed by atoms with Gasteiger partial charge in [0.05, 0.1) is 18.3 Å². The van der Waals surface area contributed by atoms with Gasteiger partial charge in [0, 0.05) is 16.0 Å². The van der Waals surface area contributed by atoms with E-state index < -0.39 is 24.2 Å². The summed E-state index contributed by atoms with van der Waals surface area (Å²) in [6.07, 6.45) is 0. The van der Waals surface area contributed by atoms with Crippen molar-refractivity contribution in [3.63, 3.8) is 0 Å². The van der Waals surface area contributed by atoms with Crippen molar-refractivity contribution in [3.8, 4) is 0 Å².